The lowest BCUT2D eigenvalue weighted by Gasteiger charge is -2.24. The van der Waals surface area contributed by atoms with E-state index in [0.717, 1.165) is 43.5 Å². The molecule has 1 aromatic carbocycles. The number of carbonyl (C=O) groups excluding carboxylic acids is 1. The Morgan fingerprint density at radius 2 is 2.11 bits per heavy atom. The number of benzene rings is 1. The molecule has 144 valence electrons. The van der Waals surface area contributed by atoms with Crippen LogP contribution in [0, 0.1) is 11.6 Å². The van der Waals surface area contributed by atoms with Gasteiger partial charge in [-0.15, -0.1) is 0 Å². The summed E-state index contributed by atoms with van der Waals surface area (Å²) in [5.74, 6) is 0.458. The van der Waals surface area contributed by atoms with Gasteiger partial charge in [0, 0.05) is 49.8 Å². The van der Waals surface area contributed by atoms with Crippen molar-refractivity contribution in [3.63, 3.8) is 0 Å². The highest BCUT2D eigenvalue weighted by Gasteiger charge is 2.26. The molecule has 6 nitrogen and oxygen atoms in total. The van der Waals surface area contributed by atoms with Crippen LogP contribution in [0.3, 0.4) is 0 Å². The fraction of sp³-hybridized carbons (Fsp3) is 0.350. The molecule has 1 unspecified atom stereocenters. The van der Waals surface area contributed by atoms with E-state index in [1.165, 1.54) is 12.1 Å². The molecule has 2 aliphatic rings. The van der Waals surface area contributed by atoms with Gasteiger partial charge in [0.25, 0.3) is 5.91 Å². The summed E-state index contributed by atoms with van der Waals surface area (Å²) in [6, 6.07) is 3.45. The molecule has 5 rings (SSSR count). The first kappa shape index (κ1) is 17.1. The number of nitrogens with zero attached hydrogens (tertiary/aromatic N) is 4. The Bertz CT molecular complexity index is 1070. The standard InChI is InChI=1S/C20H19F2N5O/c21-12-3-5-14(15(22)8-12)16-11-26-10-13(4-6-19(26)25-16)24-20(28)17-9-23-18-2-1-7-27(17)18/h3,5,8-9,11,13H,1-2,4,6-7,10H2,(H,24,28). The second-order valence-corrected chi connectivity index (χ2v) is 7.34. The fourth-order valence-electron chi connectivity index (χ4n) is 4.09. The lowest BCUT2D eigenvalue weighted by molar-refractivity contribution is 0.0918. The van der Waals surface area contributed by atoms with Crippen molar-refractivity contribution in [3.8, 4) is 11.3 Å². The monoisotopic (exact) mass is 383 g/mol. The van der Waals surface area contributed by atoms with Crippen LogP contribution in [0.2, 0.25) is 0 Å². The Kier molecular flexibility index (Phi) is 3.99. The number of amides is 1. The Morgan fingerprint density at radius 1 is 1.21 bits per heavy atom. The molecule has 0 bridgehead atoms. The number of aromatic nitrogens is 4. The zero-order chi connectivity index (χ0) is 19.3. The Labute approximate surface area is 160 Å². The summed E-state index contributed by atoms with van der Waals surface area (Å²) in [5.41, 5.74) is 1.37. The largest absolute Gasteiger partial charge is 0.346 e. The topological polar surface area (TPSA) is 64.7 Å². The summed E-state index contributed by atoms with van der Waals surface area (Å²) in [5, 5.41) is 3.09. The van der Waals surface area contributed by atoms with E-state index in [4.69, 9.17) is 0 Å². The fourth-order valence-corrected chi connectivity index (χ4v) is 4.09. The van der Waals surface area contributed by atoms with E-state index in [2.05, 4.69) is 15.3 Å². The van der Waals surface area contributed by atoms with Gasteiger partial charge in [0.05, 0.1) is 11.9 Å². The number of fused-ring (bicyclic) bond motifs is 2. The summed E-state index contributed by atoms with van der Waals surface area (Å²) in [6.07, 6.45) is 6.78. The Morgan fingerprint density at radius 3 is 2.96 bits per heavy atom. The van der Waals surface area contributed by atoms with E-state index in [-0.39, 0.29) is 17.5 Å². The first-order chi connectivity index (χ1) is 13.6. The molecule has 1 atom stereocenters. The van der Waals surface area contributed by atoms with Crippen molar-refractivity contribution in [1.82, 2.24) is 24.4 Å². The SMILES string of the molecule is O=C(NC1CCc2nc(-c3ccc(F)cc3F)cn2C1)c1cnc2n1CCC2. The zero-order valence-electron chi connectivity index (χ0n) is 15.2. The van der Waals surface area contributed by atoms with Crippen LogP contribution >= 0.6 is 0 Å². The molecular weight excluding hydrogens is 364 g/mol. The molecular formula is C20H19F2N5O. The Hall–Kier alpha value is -3.03. The third-order valence-electron chi connectivity index (χ3n) is 5.49. The second-order valence-electron chi connectivity index (χ2n) is 7.34. The average Bonchev–Trinajstić information content (AvgIpc) is 3.36. The van der Waals surface area contributed by atoms with Crippen LogP contribution in [0.1, 0.15) is 35.0 Å². The van der Waals surface area contributed by atoms with E-state index in [9.17, 15) is 13.6 Å². The maximum absolute atomic E-state index is 14.1. The van der Waals surface area contributed by atoms with Gasteiger partial charge in [-0.3, -0.25) is 4.79 Å². The number of halogens is 2. The van der Waals surface area contributed by atoms with Crippen molar-refractivity contribution in [2.45, 2.75) is 44.8 Å². The van der Waals surface area contributed by atoms with Crippen molar-refractivity contribution in [1.29, 1.82) is 0 Å². The third-order valence-corrected chi connectivity index (χ3v) is 5.49. The molecule has 2 aliphatic heterocycles. The molecule has 2 aromatic heterocycles. The van der Waals surface area contributed by atoms with Crippen LogP contribution in [0.15, 0.2) is 30.6 Å². The molecule has 0 saturated carbocycles. The van der Waals surface area contributed by atoms with Crippen LogP contribution in [0.25, 0.3) is 11.3 Å². The first-order valence-corrected chi connectivity index (χ1v) is 9.45. The van der Waals surface area contributed by atoms with Gasteiger partial charge in [-0.05, 0) is 25.0 Å². The van der Waals surface area contributed by atoms with Crippen LogP contribution in [-0.2, 0) is 25.9 Å². The van der Waals surface area contributed by atoms with Crippen LogP contribution in [0.4, 0.5) is 8.78 Å². The van der Waals surface area contributed by atoms with Crippen molar-refractivity contribution < 1.29 is 13.6 Å². The number of aryl methyl sites for hydroxylation is 2. The number of nitrogens with one attached hydrogen (secondary N) is 1. The molecule has 3 aromatic rings. The number of hydrogen-bond donors (Lipinski definition) is 1. The maximum atomic E-state index is 14.1. The molecule has 0 aliphatic carbocycles. The van der Waals surface area contributed by atoms with Crippen LogP contribution < -0.4 is 5.32 Å². The number of imidazole rings is 2. The van der Waals surface area contributed by atoms with E-state index >= 15 is 0 Å². The van der Waals surface area contributed by atoms with Crippen molar-refractivity contribution >= 4 is 5.91 Å². The minimum absolute atomic E-state index is 0.0346. The van der Waals surface area contributed by atoms with Gasteiger partial charge >= 0.3 is 0 Å². The van der Waals surface area contributed by atoms with E-state index in [1.54, 1.807) is 12.4 Å². The molecule has 0 fully saturated rings. The van der Waals surface area contributed by atoms with E-state index in [0.29, 0.717) is 24.4 Å². The van der Waals surface area contributed by atoms with Gasteiger partial charge in [0.15, 0.2) is 0 Å². The molecule has 0 radical (unpaired) electrons. The van der Waals surface area contributed by atoms with Crippen molar-refractivity contribution in [2.24, 2.45) is 0 Å². The lowest BCUT2D eigenvalue weighted by Crippen LogP contribution is -2.41. The maximum Gasteiger partial charge on any atom is 0.269 e. The average molecular weight is 383 g/mol. The summed E-state index contributed by atoms with van der Waals surface area (Å²) in [4.78, 5) is 21.5. The normalized spacial score (nSPS) is 18.0. The second kappa shape index (κ2) is 6.54. The minimum atomic E-state index is -0.630. The van der Waals surface area contributed by atoms with Crippen molar-refractivity contribution in [3.05, 3.63) is 59.6 Å². The highest BCUT2D eigenvalue weighted by molar-refractivity contribution is 5.92. The molecule has 0 spiro atoms. The van der Waals surface area contributed by atoms with E-state index in [1.807, 2.05) is 9.13 Å². The van der Waals surface area contributed by atoms with Gasteiger partial charge in [0.1, 0.15) is 29.0 Å². The van der Waals surface area contributed by atoms with Crippen molar-refractivity contribution in [2.75, 3.05) is 0 Å². The van der Waals surface area contributed by atoms with Gasteiger partial charge in [0.2, 0.25) is 0 Å². The molecule has 1 amide bonds. The molecule has 0 saturated heterocycles. The number of carbonyl (C=O) groups is 1. The highest BCUT2D eigenvalue weighted by atomic mass is 19.1. The van der Waals surface area contributed by atoms with Gasteiger partial charge in [-0.1, -0.05) is 0 Å². The van der Waals surface area contributed by atoms with E-state index < -0.39 is 11.6 Å². The van der Waals surface area contributed by atoms with Gasteiger partial charge in [-0.25, -0.2) is 18.7 Å². The third kappa shape index (κ3) is 2.89. The first-order valence-electron chi connectivity index (χ1n) is 9.45. The minimum Gasteiger partial charge on any atom is -0.346 e. The number of rotatable bonds is 3. The summed E-state index contributed by atoms with van der Waals surface area (Å²) >= 11 is 0. The molecule has 8 heteroatoms. The Balaban J connectivity index is 1.33. The smallest absolute Gasteiger partial charge is 0.269 e. The summed E-state index contributed by atoms with van der Waals surface area (Å²) in [7, 11) is 0. The number of hydrogen-bond acceptors (Lipinski definition) is 3. The quantitative estimate of drug-likeness (QED) is 0.756. The van der Waals surface area contributed by atoms with Gasteiger partial charge < -0.3 is 14.5 Å². The predicted molar refractivity (Wildman–Crippen MR) is 97.7 cm³/mol. The van der Waals surface area contributed by atoms with Gasteiger partial charge in [-0.2, -0.15) is 0 Å². The lowest BCUT2D eigenvalue weighted by atomic mass is 10.1. The highest BCUT2D eigenvalue weighted by Crippen LogP contribution is 2.26. The van der Waals surface area contributed by atoms with Crippen LogP contribution in [0.5, 0.6) is 0 Å². The molecule has 4 heterocycles. The summed E-state index contributed by atoms with van der Waals surface area (Å²) < 4.78 is 31.1. The molecule has 1 N–H and O–H groups in total. The van der Waals surface area contributed by atoms with Crippen LogP contribution in [-0.4, -0.2) is 31.1 Å². The molecule has 28 heavy (non-hydrogen) atoms. The predicted octanol–water partition coefficient (Wildman–Crippen LogP) is 2.72. The zero-order valence-corrected chi connectivity index (χ0v) is 15.2. The summed E-state index contributed by atoms with van der Waals surface area (Å²) in [6.45, 7) is 1.40.